The van der Waals surface area contributed by atoms with Gasteiger partial charge >= 0.3 is 0 Å². The Balaban J connectivity index is 2.86. The molecular formula is C13H15NOS. The number of hydrogen-bond acceptors (Lipinski definition) is 2. The summed E-state index contributed by atoms with van der Waals surface area (Å²) in [7, 11) is 0. The number of terminal acetylenes is 1. The Morgan fingerprint density at radius 2 is 2.31 bits per heavy atom. The molecule has 0 N–H and O–H groups in total. The van der Waals surface area contributed by atoms with Gasteiger partial charge in [-0.05, 0) is 24.6 Å². The lowest BCUT2D eigenvalue weighted by molar-refractivity contribution is 0.0776. The fourth-order valence-corrected chi connectivity index (χ4v) is 1.68. The third kappa shape index (κ3) is 3.32. The minimum Gasteiger partial charge on any atom is -0.328 e. The average molecular weight is 233 g/mol. The van der Waals surface area contributed by atoms with Crippen LogP contribution >= 0.6 is 12.6 Å². The van der Waals surface area contributed by atoms with Crippen molar-refractivity contribution in [2.45, 2.75) is 18.2 Å². The maximum Gasteiger partial charge on any atom is 0.254 e. The van der Waals surface area contributed by atoms with Gasteiger partial charge in [0.2, 0.25) is 0 Å². The second-order valence-electron chi connectivity index (χ2n) is 3.48. The van der Waals surface area contributed by atoms with E-state index in [9.17, 15) is 4.79 Å². The van der Waals surface area contributed by atoms with E-state index in [1.165, 1.54) is 0 Å². The molecule has 0 atom stereocenters. The molecule has 0 saturated carbocycles. The molecule has 0 aliphatic carbocycles. The van der Waals surface area contributed by atoms with Gasteiger partial charge in [-0.3, -0.25) is 4.79 Å². The van der Waals surface area contributed by atoms with Gasteiger partial charge in [-0.2, -0.15) is 0 Å². The molecule has 0 unspecified atom stereocenters. The van der Waals surface area contributed by atoms with E-state index in [2.05, 4.69) is 18.5 Å². The third-order valence-electron chi connectivity index (χ3n) is 2.16. The number of thiol groups is 1. The Morgan fingerprint density at radius 1 is 1.56 bits per heavy atom. The Morgan fingerprint density at radius 3 is 2.88 bits per heavy atom. The number of amides is 1. The summed E-state index contributed by atoms with van der Waals surface area (Å²) in [5.74, 6) is 2.47. The van der Waals surface area contributed by atoms with Gasteiger partial charge in [0.15, 0.2) is 0 Å². The van der Waals surface area contributed by atoms with Gasteiger partial charge in [-0.25, -0.2) is 0 Å². The molecule has 1 rings (SSSR count). The maximum atomic E-state index is 12.1. The summed E-state index contributed by atoms with van der Waals surface area (Å²) in [6, 6.07) is 7.19. The van der Waals surface area contributed by atoms with Crippen LogP contribution in [-0.4, -0.2) is 23.9 Å². The monoisotopic (exact) mass is 233 g/mol. The molecular weight excluding hydrogens is 218 g/mol. The molecule has 16 heavy (non-hydrogen) atoms. The van der Waals surface area contributed by atoms with E-state index in [1.807, 2.05) is 19.1 Å². The van der Waals surface area contributed by atoms with Gasteiger partial charge in [0, 0.05) is 17.0 Å². The lowest BCUT2D eigenvalue weighted by Gasteiger charge is -2.19. The molecule has 0 aliphatic rings. The van der Waals surface area contributed by atoms with Crippen molar-refractivity contribution in [1.82, 2.24) is 4.90 Å². The lowest BCUT2D eigenvalue weighted by atomic mass is 10.2. The fraction of sp³-hybridized carbons (Fsp3) is 0.308. The second kappa shape index (κ2) is 6.24. The van der Waals surface area contributed by atoms with Crippen LogP contribution in [0.2, 0.25) is 0 Å². The van der Waals surface area contributed by atoms with E-state index < -0.39 is 0 Å². The molecule has 1 aromatic rings. The lowest BCUT2D eigenvalue weighted by Crippen LogP contribution is -2.32. The van der Waals surface area contributed by atoms with E-state index in [-0.39, 0.29) is 5.91 Å². The van der Waals surface area contributed by atoms with E-state index >= 15 is 0 Å². The summed E-state index contributed by atoms with van der Waals surface area (Å²) in [4.78, 5) is 14.5. The van der Waals surface area contributed by atoms with Crippen LogP contribution in [0.15, 0.2) is 29.2 Å². The zero-order valence-electron chi connectivity index (χ0n) is 9.31. The molecule has 0 bridgehead atoms. The van der Waals surface area contributed by atoms with Crippen LogP contribution in [0.5, 0.6) is 0 Å². The normalized spacial score (nSPS) is 9.56. The minimum atomic E-state index is -0.0318. The molecule has 0 saturated heterocycles. The van der Waals surface area contributed by atoms with Gasteiger partial charge in [-0.1, -0.05) is 18.9 Å². The van der Waals surface area contributed by atoms with Crippen LogP contribution in [0.1, 0.15) is 23.7 Å². The summed E-state index contributed by atoms with van der Waals surface area (Å²) in [5, 5.41) is 0. The van der Waals surface area contributed by atoms with Crippen LogP contribution < -0.4 is 0 Å². The number of carbonyl (C=O) groups excluding carboxylic acids is 1. The summed E-state index contributed by atoms with van der Waals surface area (Å²) in [6.45, 7) is 3.05. The zero-order chi connectivity index (χ0) is 12.0. The number of rotatable bonds is 4. The molecule has 2 nitrogen and oxygen atoms in total. The second-order valence-corrected chi connectivity index (χ2v) is 4.00. The first-order chi connectivity index (χ1) is 7.69. The van der Waals surface area contributed by atoms with Crippen LogP contribution in [0.25, 0.3) is 0 Å². The van der Waals surface area contributed by atoms with Crippen molar-refractivity contribution < 1.29 is 4.79 Å². The van der Waals surface area contributed by atoms with Crippen molar-refractivity contribution in [3.63, 3.8) is 0 Å². The molecule has 0 aliphatic heterocycles. The Labute approximate surface area is 102 Å². The smallest absolute Gasteiger partial charge is 0.254 e. The summed E-state index contributed by atoms with van der Waals surface area (Å²) >= 11 is 4.21. The number of benzene rings is 1. The predicted molar refractivity (Wildman–Crippen MR) is 68.7 cm³/mol. The van der Waals surface area contributed by atoms with Crippen LogP contribution in [0, 0.1) is 12.3 Å². The standard InChI is InChI=1S/C13H15NOS/c1-3-8-14(9-4-2)13(15)11-6-5-7-12(16)10-11/h1,5-7,10,16H,4,8-9H2,2H3. The van der Waals surface area contributed by atoms with Gasteiger partial charge in [-0.15, -0.1) is 19.1 Å². The summed E-state index contributed by atoms with van der Waals surface area (Å²) < 4.78 is 0. The van der Waals surface area contributed by atoms with E-state index in [1.54, 1.807) is 17.0 Å². The molecule has 1 aromatic carbocycles. The highest BCUT2D eigenvalue weighted by Gasteiger charge is 2.13. The Hall–Kier alpha value is -1.40. The first-order valence-corrected chi connectivity index (χ1v) is 5.65. The highest BCUT2D eigenvalue weighted by molar-refractivity contribution is 7.80. The van der Waals surface area contributed by atoms with Crippen molar-refractivity contribution in [1.29, 1.82) is 0 Å². The molecule has 84 valence electrons. The molecule has 0 radical (unpaired) electrons. The maximum absolute atomic E-state index is 12.1. The van der Waals surface area contributed by atoms with Crippen molar-refractivity contribution in [2.75, 3.05) is 13.1 Å². The van der Waals surface area contributed by atoms with E-state index in [4.69, 9.17) is 6.42 Å². The third-order valence-corrected chi connectivity index (χ3v) is 2.43. The van der Waals surface area contributed by atoms with Crippen molar-refractivity contribution in [2.24, 2.45) is 0 Å². The molecule has 3 heteroatoms. The van der Waals surface area contributed by atoms with Gasteiger partial charge in [0.25, 0.3) is 5.91 Å². The zero-order valence-corrected chi connectivity index (χ0v) is 10.2. The molecule has 0 spiro atoms. The minimum absolute atomic E-state index is 0.0318. The molecule has 0 fully saturated rings. The summed E-state index contributed by atoms with van der Waals surface area (Å²) in [5.41, 5.74) is 0.635. The largest absolute Gasteiger partial charge is 0.328 e. The Bertz CT molecular complexity index is 409. The predicted octanol–water partition coefficient (Wildman–Crippen LogP) is 2.46. The van der Waals surface area contributed by atoms with Gasteiger partial charge in [0.05, 0.1) is 6.54 Å². The van der Waals surface area contributed by atoms with Crippen molar-refractivity contribution in [3.8, 4) is 12.3 Å². The molecule has 1 amide bonds. The number of nitrogens with zero attached hydrogens (tertiary/aromatic N) is 1. The molecule has 0 aromatic heterocycles. The van der Waals surface area contributed by atoms with Crippen LogP contribution in [0.4, 0.5) is 0 Å². The van der Waals surface area contributed by atoms with Crippen LogP contribution in [-0.2, 0) is 0 Å². The Kier molecular flexibility index (Phi) is 4.94. The van der Waals surface area contributed by atoms with Crippen molar-refractivity contribution in [3.05, 3.63) is 29.8 Å². The highest BCUT2D eigenvalue weighted by Crippen LogP contribution is 2.11. The summed E-state index contributed by atoms with van der Waals surface area (Å²) in [6.07, 6.45) is 6.14. The molecule has 0 heterocycles. The van der Waals surface area contributed by atoms with E-state index in [0.717, 1.165) is 11.3 Å². The fourth-order valence-electron chi connectivity index (χ4n) is 1.45. The first kappa shape index (κ1) is 12.7. The average Bonchev–Trinajstić information content (AvgIpc) is 2.28. The quantitative estimate of drug-likeness (QED) is 0.625. The topological polar surface area (TPSA) is 20.3 Å². The number of carbonyl (C=O) groups is 1. The van der Waals surface area contributed by atoms with Crippen molar-refractivity contribution >= 4 is 18.5 Å². The van der Waals surface area contributed by atoms with Gasteiger partial charge in [0.1, 0.15) is 0 Å². The number of hydrogen-bond donors (Lipinski definition) is 1. The SMILES string of the molecule is C#CCN(CCC)C(=O)c1cccc(S)c1. The van der Waals surface area contributed by atoms with Crippen LogP contribution in [0.3, 0.4) is 0 Å². The van der Waals surface area contributed by atoms with E-state index in [0.29, 0.717) is 18.7 Å². The highest BCUT2D eigenvalue weighted by atomic mass is 32.1. The first-order valence-electron chi connectivity index (χ1n) is 5.20. The van der Waals surface area contributed by atoms with Gasteiger partial charge < -0.3 is 4.90 Å².